The Morgan fingerprint density at radius 2 is 1.80 bits per heavy atom. The normalized spacial score (nSPS) is 14.0. The highest BCUT2D eigenvalue weighted by molar-refractivity contribution is 7.92. The fourth-order valence-electron chi connectivity index (χ4n) is 3.10. The van der Waals surface area contributed by atoms with Crippen LogP contribution in [0.15, 0.2) is 42.5 Å². The average molecular weight is 435 g/mol. The summed E-state index contributed by atoms with van der Waals surface area (Å²) in [5, 5.41) is 2.72. The minimum Gasteiger partial charge on any atom is -0.492 e. The van der Waals surface area contributed by atoms with Crippen LogP contribution < -0.4 is 23.8 Å². The average Bonchev–Trinajstić information content (AvgIpc) is 2.71. The van der Waals surface area contributed by atoms with Crippen molar-refractivity contribution in [2.45, 2.75) is 19.9 Å². The summed E-state index contributed by atoms with van der Waals surface area (Å²) in [4.78, 5) is 12.6. The summed E-state index contributed by atoms with van der Waals surface area (Å²) in [6.45, 7) is 4.85. The van der Waals surface area contributed by atoms with Gasteiger partial charge in [-0.1, -0.05) is 17.7 Å². The van der Waals surface area contributed by atoms with Gasteiger partial charge in [-0.3, -0.25) is 9.10 Å². The molecule has 1 amide bonds. The molecule has 2 aromatic carbocycles. The molecule has 0 spiro atoms. The van der Waals surface area contributed by atoms with E-state index in [-0.39, 0.29) is 13.2 Å². The topological polar surface area (TPSA) is 94.2 Å². The number of carbonyl (C=O) groups is 1. The summed E-state index contributed by atoms with van der Waals surface area (Å²) < 4.78 is 42.5. The summed E-state index contributed by atoms with van der Waals surface area (Å²) in [7, 11) is -3.72. The second-order valence-corrected chi connectivity index (χ2v) is 8.87. The zero-order valence-electron chi connectivity index (χ0n) is 17.3. The molecule has 1 N–H and O–H groups in total. The van der Waals surface area contributed by atoms with Crippen molar-refractivity contribution in [1.29, 1.82) is 0 Å². The van der Waals surface area contributed by atoms with Gasteiger partial charge in [0, 0.05) is 6.07 Å². The van der Waals surface area contributed by atoms with E-state index in [1.54, 1.807) is 18.2 Å². The Kier molecular flexibility index (Phi) is 6.71. The molecule has 30 heavy (non-hydrogen) atoms. The van der Waals surface area contributed by atoms with Crippen molar-refractivity contribution in [2.75, 3.05) is 36.9 Å². The highest BCUT2D eigenvalue weighted by atomic mass is 32.2. The van der Waals surface area contributed by atoms with Gasteiger partial charge in [-0.25, -0.2) is 8.42 Å². The maximum Gasteiger partial charge on any atom is 0.243 e. The maximum atomic E-state index is 12.6. The molecule has 2 aromatic rings. The van der Waals surface area contributed by atoms with E-state index in [9.17, 15) is 13.2 Å². The smallest absolute Gasteiger partial charge is 0.243 e. The van der Waals surface area contributed by atoms with E-state index in [2.05, 4.69) is 5.32 Å². The molecule has 9 heteroatoms. The van der Waals surface area contributed by atoms with Gasteiger partial charge in [0.05, 0.1) is 18.5 Å². The third-order valence-corrected chi connectivity index (χ3v) is 5.80. The minimum atomic E-state index is -3.72. The van der Waals surface area contributed by atoms with Crippen molar-refractivity contribution >= 4 is 21.6 Å². The van der Waals surface area contributed by atoms with Gasteiger partial charge < -0.3 is 19.5 Å². The first-order chi connectivity index (χ1) is 14.3. The summed E-state index contributed by atoms with van der Waals surface area (Å²) in [5.74, 6) is 1.27. The van der Waals surface area contributed by atoms with Crippen molar-refractivity contribution in [2.24, 2.45) is 0 Å². The first kappa shape index (κ1) is 21.8. The fraction of sp³-hybridized carbons (Fsp3) is 0.381. The van der Waals surface area contributed by atoms with E-state index in [0.29, 0.717) is 36.1 Å². The number of hydrogen-bond acceptors (Lipinski definition) is 6. The van der Waals surface area contributed by atoms with E-state index in [4.69, 9.17) is 14.2 Å². The number of nitrogens with one attached hydrogen (secondary N) is 1. The Morgan fingerprint density at radius 3 is 2.47 bits per heavy atom. The highest BCUT2D eigenvalue weighted by Crippen LogP contribution is 2.35. The summed E-state index contributed by atoms with van der Waals surface area (Å²) >= 11 is 0. The quantitative estimate of drug-likeness (QED) is 0.640. The van der Waals surface area contributed by atoms with Gasteiger partial charge in [0.2, 0.25) is 15.9 Å². The Hall–Kier alpha value is -2.94. The Bertz CT molecular complexity index is 991. The lowest BCUT2D eigenvalue weighted by Gasteiger charge is -2.29. The number of nitrogens with zero attached hydrogens (tertiary/aromatic N) is 1. The molecule has 1 aliphatic heterocycles. The zero-order chi connectivity index (χ0) is 21.7. The van der Waals surface area contributed by atoms with Crippen LogP contribution in [0.2, 0.25) is 0 Å². The van der Waals surface area contributed by atoms with Gasteiger partial charge in [-0.05, 0) is 38.1 Å². The number of benzene rings is 2. The molecule has 0 aliphatic carbocycles. The molecular formula is C21H26N2O6S. The van der Waals surface area contributed by atoms with Crippen molar-refractivity contribution in [3.63, 3.8) is 0 Å². The van der Waals surface area contributed by atoms with E-state index in [0.717, 1.165) is 16.1 Å². The summed E-state index contributed by atoms with van der Waals surface area (Å²) in [5.41, 5.74) is 1.46. The van der Waals surface area contributed by atoms with Crippen LogP contribution in [0.3, 0.4) is 0 Å². The lowest BCUT2D eigenvalue weighted by molar-refractivity contribution is -0.121. The van der Waals surface area contributed by atoms with Gasteiger partial charge in [0.15, 0.2) is 11.5 Å². The Balaban J connectivity index is 1.64. The number of hydrogen-bond donors (Lipinski definition) is 1. The van der Waals surface area contributed by atoms with Crippen LogP contribution in [0, 0.1) is 6.92 Å². The summed E-state index contributed by atoms with van der Waals surface area (Å²) in [6, 6.07) is 11.4. The summed E-state index contributed by atoms with van der Waals surface area (Å²) in [6.07, 6.45) is 1.06. The molecule has 162 valence electrons. The van der Waals surface area contributed by atoms with Crippen LogP contribution in [0.1, 0.15) is 12.5 Å². The first-order valence-electron chi connectivity index (χ1n) is 9.62. The second kappa shape index (κ2) is 9.25. The third kappa shape index (κ3) is 5.35. The SMILES string of the molecule is Cc1ccc(OCCNC(=O)C(C)N(c2ccc3c(c2)OCCO3)S(C)(=O)=O)cc1. The molecule has 1 heterocycles. The number of rotatable bonds is 8. The van der Waals surface area contributed by atoms with Gasteiger partial charge in [0.25, 0.3) is 0 Å². The number of anilines is 1. The van der Waals surface area contributed by atoms with Crippen LogP contribution >= 0.6 is 0 Å². The number of amides is 1. The van der Waals surface area contributed by atoms with E-state index in [1.807, 2.05) is 31.2 Å². The van der Waals surface area contributed by atoms with Gasteiger partial charge in [-0.15, -0.1) is 0 Å². The Labute approximate surface area is 176 Å². The van der Waals surface area contributed by atoms with Crippen LogP contribution in [0.4, 0.5) is 5.69 Å². The second-order valence-electron chi connectivity index (χ2n) is 7.02. The number of carbonyl (C=O) groups excluding carboxylic acids is 1. The zero-order valence-corrected chi connectivity index (χ0v) is 18.1. The lowest BCUT2D eigenvalue weighted by atomic mass is 10.2. The number of aryl methyl sites for hydroxylation is 1. The molecule has 0 radical (unpaired) electrons. The van der Waals surface area contributed by atoms with Crippen molar-refractivity contribution < 1.29 is 27.4 Å². The molecule has 8 nitrogen and oxygen atoms in total. The predicted octanol–water partition coefficient (Wildman–Crippen LogP) is 2.12. The number of sulfonamides is 1. The lowest BCUT2D eigenvalue weighted by Crippen LogP contribution is -2.48. The predicted molar refractivity (Wildman–Crippen MR) is 114 cm³/mol. The van der Waals surface area contributed by atoms with Gasteiger partial charge in [0.1, 0.15) is 31.6 Å². The largest absolute Gasteiger partial charge is 0.492 e. The molecular weight excluding hydrogens is 408 g/mol. The molecule has 0 bridgehead atoms. The molecule has 3 rings (SSSR count). The van der Waals surface area contributed by atoms with Crippen LogP contribution in [0.5, 0.6) is 17.2 Å². The molecule has 1 aliphatic rings. The molecule has 0 fully saturated rings. The van der Waals surface area contributed by atoms with Crippen LogP contribution in [-0.4, -0.2) is 53.0 Å². The van der Waals surface area contributed by atoms with E-state index in [1.165, 1.54) is 6.92 Å². The van der Waals surface area contributed by atoms with Gasteiger partial charge >= 0.3 is 0 Å². The third-order valence-electron chi connectivity index (χ3n) is 4.56. The molecule has 1 unspecified atom stereocenters. The van der Waals surface area contributed by atoms with Crippen molar-refractivity contribution in [3.8, 4) is 17.2 Å². The molecule has 1 atom stereocenters. The number of fused-ring (bicyclic) bond motifs is 1. The molecule has 0 saturated carbocycles. The van der Waals surface area contributed by atoms with E-state index < -0.39 is 22.0 Å². The van der Waals surface area contributed by atoms with E-state index >= 15 is 0 Å². The highest BCUT2D eigenvalue weighted by Gasteiger charge is 2.30. The van der Waals surface area contributed by atoms with Crippen molar-refractivity contribution in [1.82, 2.24) is 5.32 Å². The Morgan fingerprint density at radius 1 is 1.13 bits per heavy atom. The number of ether oxygens (including phenoxy) is 3. The monoisotopic (exact) mass is 434 g/mol. The molecule has 0 aromatic heterocycles. The standard InChI is InChI=1S/C21H26N2O6S/c1-15-4-7-18(8-5-15)27-11-10-22-21(24)16(2)23(30(3,25)26)17-6-9-19-20(14-17)29-13-12-28-19/h4-9,14,16H,10-13H2,1-3H3,(H,22,24). The van der Waals surface area contributed by atoms with Crippen molar-refractivity contribution in [3.05, 3.63) is 48.0 Å². The first-order valence-corrected chi connectivity index (χ1v) is 11.5. The maximum absolute atomic E-state index is 12.6. The fourth-order valence-corrected chi connectivity index (χ4v) is 4.27. The van der Waals surface area contributed by atoms with Gasteiger partial charge in [-0.2, -0.15) is 0 Å². The molecule has 0 saturated heterocycles. The van der Waals surface area contributed by atoms with Crippen LogP contribution in [-0.2, 0) is 14.8 Å². The minimum absolute atomic E-state index is 0.246. The van der Waals surface area contributed by atoms with Crippen LogP contribution in [0.25, 0.3) is 0 Å².